The number of hydrogen-bond donors (Lipinski definition) is 1. The number of halogens is 1. The molecule has 0 aliphatic heterocycles. The van der Waals surface area contributed by atoms with Gasteiger partial charge in [-0.1, -0.05) is 12.1 Å². The van der Waals surface area contributed by atoms with Crippen LogP contribution >= 0.6 is 0 Å². The van der Waals surface area contributed by atoms with Crippen molar-refractivity contribution in [1.29, 1.82) is 5.26 Å². The van der Waals surface area contributed by atoms with Crippen LogP contribution in [0.1, 0.15) is 25.7 Å². The van der Waals surface area contributed by atoms with Crippen LogP contribution in [0, 0.1) is 29.0 Å². The Hall–Kier alpha value is -1.56. The third-order valence-electron chi connectivity index (χ3n) is 4.28. The number of hydrogen-bond acceptors (Lipinski definition) is 2. The van der Waals surface area contributed by atoms with Crippen molar-refractivity contribution in [3.8, 4) is 6.07 Å². The molecule has 0 heterocycles. The molecule has 0 amide bonds. The van der Waals surface area contributed by atoms with E-state index in [2.05, 4.69) is 11.4 Å². The largest absolute Gasteiger partial charge is 0.365 e. The lowest BCUT2D eigenvalue weighted by atomic mass is 9.82. The van der Waals surface area contributed by atoms with Crippen LogP contribution in [0.3, 0.4) is 0 Å². The Bertz CT molecular complexity index is 479. The molecule has 3 heteroatoms. The average molecular weight is 230 g/mol. The van der Waals surface area contributed by atoms with Crippen molar-refractivity contribution in [2.75, 3.05) is 5.32 Å². The summed E-state index contributed by atoms with van der Waals surface area (Å²) in [7, 11) is 0. The molecule has 0 saturated heterocycles. The van der Waals surface area contributed by atoms with Crippen LogP contribution in [0.4, 0.5) is 10.1 Å². The first-order valence-electron chi connectivity index (χ1n) is 6.17. The van der Waals surface area contributed by atoms with Gasteiger partial charge in [0.25, 0.3) is 0 Å². The summed E-state index contributed by atoms with van der Waals surface area (Å²) in [6, 6.07) is 9.01. The molecule has 2 saturated carbocycles. The summed E-state index contributed by atoms with van der Waals surface area (Å²) in [4.78, 5) is 0. The fourth-order valence-electron chi connectivity index (χ4n) is 3.45. The maximum Gasteiger partial charge on any atom is 0.146 e. The van der Waals surface area contributed by atoms with Crippen molar-refractivity contribution in [3.05, 3.63) is 30.1 Å². The summed E-state index contributed by atoms with van der Waals surface area (Å²) in [5.41, 5.74) is -0.0768. The lowest BCUT2D eigenvalue weighted by Crippen LogP contribution is -2.42. The van der Waals surface area contributed by atoms with Gasteiger partial charge in [0, 0.05) is 0 Å². The molecule has 0 aromatic heterocycles. The Morgan fingerprint density at radius 2 is 2.18 bits per heavy atom. The second-order valence-electron chi connectivity index (χ2n) is 5.27. The average Bonchev–Trinajstić information content (AvgIpc) is 2.93. The van der Waals surface area contributed by atoms with Gasteiger partial charge in [0.1, 0.15) is 11.4 Å². The Kier molecular flexibility index (Phi) is 2.32. The zero-order valence-corrected chi connectivity index (χ0v) is 9.62. The first kappa shape index (κ1) is 10.6. The summed E-state index contributed by atoms with van der Waals surface area (Å²) in [6.45, 7) is 0. The van der Waals surface area contributed by atoms with Crippen LogP contribution in [0.15, 0.2) is 24.3 Å². The molecular weight excluding hydrogens is 215 g/mol. The van der Waals surface area contributed by atoms with Crippen molar-refractivity contribution in [1.82, 2.24) is 0 Å². The maximum atomic E-state index is 13.6. The molecule has 2 nitrogen and oxygen atoms in total. The zero-order valence-electron chi connectivity index (χ0n) is 9.62. The van der Waals surface area contributed by atoms with E-state index < -0.39 is 5.54 Å². The zero-order chi connectivity index (χ0) is 11.9. The van der Waals surface area contributed by atoms with Gasteiger partial charge in [-0.05, 0) is 49.7 Å². The monoisotopic (exact) mass is 230 g/mol. The lowest BCUT2D eigenvalue weighted by Gasteiger charge is -2.33. The number of rotatable bonds is 2. The fourth-order valence-corrected chi connectivity index (χ4v) is 3.45. The van der Waals surface area contributed by atoms with E-state index in [4.69, 9.17) is 0 Å². The van der Waals surface area contributed by atoms with E-state index in [-0.39, 0.29) is 5.82 Å². The van der Waals surface area contributed by atoms with Crippen LogP contribution < -0.4 is 5.32 Å². The van der Waals surface area contributed by atoms with E-state index in [0.29, 0.717) is 17.5 Å². The van der Waals surface area contributed by atoms with Gasteiger partial charge in [-0.25, -0.2) is 4.39 Å². The SMILES string of the molecule is N#CC1(Nc2ccccc2F)CC2CCC1C2. The molecule has 0 spiro atoms. The van der Waals surface area contributed by atoms with Gasteiger partial charge in [0.2, 0.25) is 0 Å². The van der Waals surface area contributed by atoms with E-state index in [0.717, 1.165) is 19.3 Å². The Labute approximate surface area is 100 Å². The molecule has 3 atom stereocenters. The molecule has 2 fully saturated rings. The molecule has 3 rings (SSSR count). The molecule has 88 valence electrons. The van der Waals surface area contributed by atoms with Gasteiger partial charge in [0.15, 0.2) is 0 Å². The summed E-state index contributed by atoms with van der Waals surface area (Å²) < 4.78 is 13.6. The van der Waals surface area contributed by atoms with Crippen LogP contribution in [0.5, 0.6) is 0 Å². The minimum Gasteiger partial charge on any atom is -0.365 e. The second-order valence-corrected chi connectivity index (χ2v) is 5.27. The van der Waals surface area contributed by atoms with Crippen molar-refractivity contribution in [3.63, 3.8) is 0 Å². The molecule has 1 aromatic rings. The van der Waals surface area contributed by atoms with Gasteiger partial charge in [-0.15, -0.1) is 0 Å². The number of benzene rings is 1. The molecule has 0 radical (unpaired) electrons. The van der Waals surface area contributed by atoms with Crippen LogP contribution in [-0.4, -0.2) is 5.54 Å². The van der Waals surface area contributed by atoms with E-state index in [1.54, 1.807) is 18.2 Å². The Morgan fingerprint density at radius 1 is 1.35 bits per heavy atom. The number of nitriles is 1. The maximum absolute atomic E-state index is 13.6. The van der Waals surface area contributed by atoms with Gasteiger partial charge >= 0.3 is 0 Å². The van der Waals surface area contributed by atoms with E-state index in [1.807, 2.05) is 0 Å². The molecule has 17 heavy (non-hydrogen) atoms. The summed E-state index contributed by atoms with van der Waals surface area (Å²) in [5.74, 6) is 0.765. The highest BCUT2D eigenvalue weighted by molar-refractivity contribution is 5.50. The minimum absolute atomic E-state index is 0.273. The van der Waals surface area contributed by atoms with Crippen molar-refractivity contribution < 1.29 is 4.39 Å². The lowest BCUT2D eigenvalue weighted by molar-refractivity contribution is 0.367. The van der Waals surface area contributed by atoms with Gasteiger partial charge in [-0.3, -0.25) is 0 Å². The highest BCUT2D eigenvalue weighted by Crippen LogP contribution is 2.51. The fraction of sp³-hybridized carbons (Fsp3) is 0.500. The quantitative estimate of drug-likeness (QED) is 0.846. The van der Waals surface area contributed by atoms with Gasteiger partial charge < -0.3 is 5.32 Å². The van der Waals surface area contributed by atoms with Gasteiger partial charge in [0.05, 0.1) is 11.8 Å². The summed E-state index contributed by atoms with van der Waals surface area (Å²) >= 11 is 0. The third-order valence-corrected chi connectivity index (χ3v) is 4.28. The molecule has 2 aliphatic carbocycles. The van der Waals surface area contributed by atoms with E-state index >= 15 is 0 Å². The summed E-state index contributed by atoms with van der Waals surface area (Å²) in [6.07, 6.45) is 4.31. The molecule has 2 bridgehead atoms. The molecule has 1 N–H and O–H groups in total. The van der Waals surface area contributed by atoms with Crippen molar-refractivity contribution >= 4 is 5.69 Å². The number of nitrogens with zero attached hydrogens (tertiary/aromatic N) is 1. The molecule has 2 aliphatic rings. The van der Waals surface area contributed by atoms with E-state index in [1.165, 1.54) is 12.5 Å². The summed E-state index contributed by atoms with van der Waals surface area (Å²) in [5, 5.41) is 12.6. The third kappa shape index (κ3) is 1.59. The topological polar surface area (TPSA) is 35.8 Å². The molecule has 1 aromatic carbocycles. The number of anilines is 1. The van der Waals surface area contributed by atoms with Crippen molar-refractivity contribution in [2.45, 2.75) is 31.2 Å². The normalized spacial score (nSPS) is 34.6. The van der Waals surface area contributed by atoms with Crippen LogP contribution in [-0.2, 0) is 0 Å². The first-order chi connectivity index (χ1) is 8.23. The minimum atomic E-state index is -0.537. The van der Waals surface area contributed by atoms with Gasteiger partial charge in [-0.2, -0.15) is 5.26 Å². The number of nitrogens with one attached hydrogen (secondary N) is 1. The smallest absolute Gasteiger partial charge is 0.146 e. The van der Waals surface area contributed by atoms with Crippen LogP contribution in [0.2, 0.25) is 0 Å². The van der Waals surface area contributed by atoms with Crippen molar-refractivity contribution in [2.24, 2.45) is 11.8 Å². The second kappa shape index (κ2) is 3.73. The Balaban J connectivity index is 1.89. The predicted molar refractivity (Wildman–Crippen MR) is 63.8 cm³/mol. The first-order valence-corrected chi connectivity index (χ1v) is 6.17. The highest BCUT2D eigenvalue weighted by Gasteiger charge is 2.51. The van der Waals surface area contributed by atoms with E-state index in [9.17, 15) is 9.65 Å². The standard InChI is InChI=1S/C14H15FN2/c15-12-3-1-2-4-13(12)17-14(9-16)8-10-5-6-11(14)7-10/h1-4,10-11,17H,5-8H2. The van der Waals surface area contributed by atoms with Crippen LogP contribution in [0.25, 0.3) is 0 Å². The number of fused-ring (bicyclic) bond motifs is 2. The predicted octanol–water partition coefficient (Wildman–Crippen LogP) is 3.32. The Morgan fingerprint density at radius 3 is 2.76 bits per heavy atom. The molecule has 3 unspecified atom stereocenters. The number of para-hydroxylation sites is 1. The highest BCUT2D eigenvalue weighted by atomic mass is 19.1. The molecular formula is C14H15FN2.